The summed E-state index contributed by atoms with van der Waals surface area (Å²) < 4.78 is 0. The molecular formula is C30H46O2. The summed E-state index contributed by atoms with van der Waals surface area (Å²) in [5.41, 5.74) is 0.255. The molecule has 2 nitrogen and oxygen atoms in total. The van der Waals surface area contributed by atoms with Crippen LogP contribution in [0, 0.1) is 35.5 Å². The monoisotopic (exact) mass is 438 g/mol. The van der Waals surface area contributed by atoms with Gasteiger partial charge in [0, 0.05) is 0 Å². The molecule has 178 valence electrons. The smallest absolute Gasteiger partial charge is 0.142 e. The Kier molecular flexibility index (Phi) is 14.8. The summed E-state index contributed by atoms with van der Waals surface area (Å²) in [7, 11) is 0. The van der Waals surface area contributed by atoms with Crippen molar-refractivity contribution in [1.82, 2.24) is 0 Å². The third kappa shape index (κ3) is 18.7. The van der Waals surface area contributed by atoms with Crippen molar-refractivity contribution in [3.63, 3.8) is 0 Å². The molecule has 4 atom stereocenters. The van der Waals surface area contributed by atoms with Crippen LogP contribution < -0.4 is 0 Å². The highest BCUT2D eigenvalue weighted by Gasteiger charge is 2.13. The van der Waals surface area contributed by atoms with Gasteiger partial charge >= 0.3 is 0 Å². The fourth-order valence-electron chi connectivity index (χ4n) is 3.01. The van der Waals surface area contributed by atoms with E-state index >= 15 is 0 Å². The summed E-state index contributed by atoms with van der Waals surface area (Å²) >= 11 is 0. The van der Waals surface area contributed by atoms with Gasteiger partial charge in [-0.25, -0.2) is 0 Å². The van der Waals surface area contributed by atoms with Crippen molar-refractivity contribution in [2.24, 2.45) is 11.8 Å². The van der Waals surface area contributed by atoms with Gasteiger partial charge in [-0.1, -0.05) is 61.1 Å². The minimum absolute atomic E-state index is 0.558. The van der Waals surface area contributed by atoms with E-state index < -0.39 is 11.2 Å². The fourth-order valence-corrected chi connectivity index (χ4v) is 3.01. The first-order valence-electron chi connectivity index (χ1n) is 11.9. The van der Waals surface area contributed by atoms with Gasteiger partial charge in [0.1, 0.15) is 11.2 Å². The van der Waals surface area contributed by atoms with E-state index in [9.17, 15) is 10.2 Å². The molecule has 2 heteroatoms. The van der Waals surface area contributed by atoms with Crippen molar-refractivity contribution < 1.29 is 10.2 Å². The third-order valence-corrected chi connectivity index (χ3v) is 5.08. The lowest BCUT2D eigenvalue weighted by Crippen LogP contribution is -2.18. The van der Waals surface area contributed by atoms with E-state index in [0.717, 1.165) is 38.5 Å². The Hall–Kier alpha value is -2.00. The molecule has 0 fully saturated rings. The van der Waals surface area contributed by atoms with Crippen molar-refractivity contribution in [3.05, 3.63) is 47.6 Å². The van der Waals surface area contributed by atoms with E-state index in [-0.39, 0.29) is 0 Å². The standard InChI is InChI=1S/C30H46O2/c1-25(2)15-11-17-27(5)19-13-23-29(7,31)21-9-10-22-30(8,32)24-14-20-28(6)18-12-16-26(3)4/h13-16,23-24,27-28,31-32H,11-12,17-20H2,1-8H3/b23-13+,24-14+. The zero-order chi connectivity index (χ0) is 24.6. The Labute approximate surface area is 198 Å². The Morgan fingerprint density at radius 2 is 1.06 bits per heavy atom. The second-order valence-electron chi connectivity index (χ2n) is 10.00. The quantitative estimate of drug-likeness (QED) is 0.251. The highest BCUT2D eigenvalue weighted by atomic mass is 16.3. The summed E-state index contributed by atoms with van der Waals surface area (Å²) in [6.07, 6.45) is 18.2. The Morgan fingerprint density at radius 3 is 1.38 bits per heavy atom. The lowest BCUT2D eigenvalue weighted by atomic mass is 9.98. The van der Waals surface area contributed by atoms with Crippen molar-refractivity contribution in [1.29, 1.82) is 0 Å². The van der Waals surface area contributed by atoms with Crippen LogP contribution in [0.5, 0.6) is 0 Å². The van der Waals surface area contributed by atoms with Crippen LogP contribution in [0.25, 0.3) is 0 Å². The van der Waals surface area contributed by atoms with Crippen LogP contribution in [-0.2, 0) is 0 Å². The van der Waals surface area contributed by atoms with Gasteiger partial charge in [0.15, 0.2) is 0 Å². The molecule has 0 rings (SSSR count). The van der Waals surface area contributed by atoms with Crippen LogP contribution in [0.2, 0.25) is 0 Å². The minimum Gasteiger partial charge on any atom is -0.374 e. The third-order valence-electron chi connectivity index (χ3n) is 5.08. The lowest BCUT2D eigenvalue weighted by Gasteiger charge is -2.12. The summed E-state index contributed by atoms with van der Waals surface area (Å²) in [5, 5.41) is 20.8. The molecule has 4 unspecified atom stereocenters. The summed E-state index contributed by atoms with van der Waals surface area (Å²) in [6.45, 7) is 16.2. The molecule has 0 bridgehead atoms. The van der Waals surface area contributed by atoms with Gasteiger partial charge in [-0.3, -0.25) is 0 Å². The van der Waals surface area contributed by atoms with Crippen LogP contribution in [0.15, 0.2) is 47.6 Å². The minimum atomic E-state index is -1.23. The highest BCUT2D eigenvalue weighted by Crippen LogP contribution is 2.15. The SMILES string of the molecule is CC(C)=CCCC(C)C/C=C/C(C)(O)C#CC#CC(C)(O)/C=C/CC(C)CCC=C(C)C. The van der Waals surface area contributed by atoms with Crippen molar-refractivity contribution in [2.75, 3.05) is 0 Å². The van der Waals surface area contributed by atoms with Crippen LogP contribution in [0.3, 0.4) is 0 Å². The van der Waals surface area contributed by atoms with Crippen LogP contribution in [-0.4, -0.2) is 21.4 Å². The summed E-state index contributed by atoms with van der Waals surface area (Å²) in [4.78, 5) is 0. The second-order valence-corrected chi connectivity index (χ2v) is 10.00. The number of allylic oxidation sites excluding steroid dienone is 6. The molecule has 0 aliphatic heterocycles. The average Bonchev–Trinajstić information content (AvgIpc) is 2.64. The fraction of sp³-hybridized carbons (Fsp3) is 0.600. The molecule has 0 aliphatic carbocycles. The zero-order valence-electron chi connectivity index (χ0n) is 21.8. The Morgan fingerprint density at radius 1 is 0.719 bits per heavy atom. The lowest BCUT2D eigenvalue weighted by molar-refractivity contribution is 0.173. The predicted molar refractivity (Wildman–Crippen MR) is 140 cm³/mol. The van der Waals surface area contributed by atoms with E-state index in [1.165, 1.54) is 11.1 Å². The Balaban J connectivity index is 4.61. The van der Waals surface area contributed by atoms with Gasteiger partial charge in [0.05, 0.1) is 0 Å². The number of hydrogen-bond acceptors (Lipinski definition) is 2. The average molecular weight is 439 g/mol. The van der Waals surface area contributed by atoms with Crippen LogP contribution >= 0.6 is 0 Å². The maximum atomic E-state index is 10.4. The van der Waals surface area contributed by atoms with Gasteiger partial charge in [0.25, 0.3) is 0 Å². The van der Waals surface area contributed by atoms with Gasteiger partial charge in [-0.2, -0.15) is 0 Å². The molecule has 0 saturated carbocycles. The molecule has 0 radical (unpaired) electrons. The van der Waals surface area contributed by atoms with E-state index in [2.05, 4.69) is 77.4 Å². The molecule has 0 spiro atoms. The maximum absolute atomic E-state index is 10.4. The van der Waals surface area contributed by atoms with E-state index in [1.54, 1.807) is 26.0 Å². The molecule has 0 amide bonds. The van der Waals surface area contributed by atoms with Crippen LogP contribution in [0.4, 0.5) is 0 Å². The largest absolute Gasteiger partial charge is 0.374 e. The summed E-state index contributed by atoms with van der Waals surface area (Å²) in [6, 6.07) is 0. The van der Waals surface area contributed by atoms with Gasteiger partial charge < -0.3 is 10.2 Å². The Bertz CT molecular complexity index is 706. The van der Waals surface area contributed by atoms with E-state index in [4.69, 9.17) is 0 Å². The zero-order valence-corrected chi connectivity index (χ0v) is 21.8. The van der Waals surface area contributed by atoms with E-state index in [1.807, 2.05) is 12.2 Å². The molecular weight excluding hydrogens is 392 g/mol. The topological polar surface area (TPSA) is 40.5 Å². The molecule has 0 aliphatic rings. The number of hydrogen-bond donors (Lipinski definition) is 2. The van der Waals surface area contributed by atoms with Gasteiger partial charge in [-0.15, -0.1) is 0 Å². The highest BCUT2D eigenvalue weighted by molar-refractivity contribution is 5.35. The normalized spacial score (nSPS) is 16.7. The predicted octanol–water partition coefficient (Wildman–Crippen LogP) is 7.15. The maximum Gasteiger partial charge on any atom is 0.142 e. The number of aliphatic hydroxyl groups is 2. The molecule has 0 aromatic carbocycles. The molecule has 0 aromatic heterocycles. The first-order chi connectivity index (χ1) is 14.8. The molecule has 0 heterocycles. The molecule has 0 saturated heterocycles. The first-order valence-corrected chi connectivity index (χ1v) is 11.9. The van der Waals surface area contributed by atoms with Gasteiger partial charge in [-0.05, 0) is 116 Å². The van der Waals surface area contributed by atoms with Gasteiger partial charge in [0.2, 0.25) is 0 Å². The van der Waals surface area contributed by atoms with Crippen molar-refractivity contribution in [2.45, 2.75) is 105 Å². The molecule has 0 aromatic rings. The van der Waals surface area contributed by atoms with Crippen molar-refractivity contribution in [3.8, 4) is 23.7 Å². The first kappa shape index (κ1) is 30.0. The van der Waals surface area contributed by atoms with E-state index in [0.29, 0.717) is 11.8 Å². The van der Waals surface area contributed by atoms with Crippen molar-refractivity contribution >= 4 is 0 Å². The van der Waals surface area contributed by atoms with Crippen LogP contribution in [0.1, 0.15) is 93.9 Å². The molecule has 32 heavy (non-hydrogen) atoms. The molecule has 2 N–H and O–H groups in total. The number of rotatable bonds is 12. The second kappa shape index (κ2) is 15.7. The summed E-state index contributed by atoms with van der Waals surface area (Å²) in [5.74, 6) is 12.0.